The molecule has 1 saturated carbocycles. The molecule has 1 saturated heterocycles. The molecule has 1 aromatic rings. The van der Waals surface area contributed by atoms with Crippen LogP contribution in [-0.2, 0) is 9.59 Å². The van der Waals surface area contributed by atoms with Crippen molar-refractivity contribution < 1.29 is 9.59 Å². The zero-order valence-corrected chi connectivity index (χ0v) is 10.7. The van der Waals surface area contributed by atoms with Crippen LogP contribution in [0.1, 0.15) is 12.0 Å². The number of hydrogen-bond acceptors (Lipinski definition) is 2. The van der Waals surface area contributed by atoms with Gasteiger partial charge in [0.2, 0.25) is 11.8 Å². The minimum atomic E-state index is -0.108. The predicted octanol–water partition coefficient (Wildman–Crippen LogP) is 2.31. The summed E-state index contributed by atoms with van der Waals surface area (Å²) in [4.78, 5) is 26.6. The second-order valence-electron chi connectivity index (χ2n) is 5.85. The minimum Gasteiger partial charge on any atom is -0.274 e. The van der Waals surface area contributed by atoms with Crippen LogP contribution in [-0.4, -0.2) is 11.8 Å². The largest absolute Gasteiger partial charge is 0.274 e. The summed E-state index contributed by atoms with van der Waals surface area (Å²) in [5.41, 5.74) is 1.79. The van der Waals surface area contributed by atoms with E-state index in [1.54, 1.807) is 0 Å². The summed E-state index contributed by atoms with van der Waals surface area (Å²) in [6.45, 7) is 1.97. The van der Waals surface area contributed by atoms with Crippen LogP contribution in [0.3, 0.4) is 0 Å². The summed E-state index contributed by atoms with van der Waals surface area (Å²) in [6, 6.07) is 7.62. The fraction of sp³-hybridized carbons (Fsp3) is 0.375. The topological polar surface area (TPSA) is 37.4 Å². The Labute approximate surface area is 111 Å². The predicted molar refractivity (Wildman–Crippen MR) is 71.4 cm³/mol. The van der Waals surface area contributed by atoms with Gasteiger partial charge in [0.05, 0.1) is 17.5 Å². The third kappa shape index (κ3) is 1.33. The van der Waals surface area contributed by atoms with E-state index in [-0.39, 0.29) is 35.5 Å². The van der Waals surface area contributed by atoms with Gasteiger partial charge in [-0.3, -0.25) is 14.5 Å². The molecular formula is C16H15NO2. The lowest BCUT2D eigenvalue weighted by molar-refractivity contribution is -0.123. The van der Waals surface area contributed by atoms with Crippen molar-refractivity contribution in [3.63, 3.8) is 0 Å². The molecule has 3 aliphatic rings. The Morgan fingerprint density at radius 2 is 1.68 bits per heavy atom. The van der Waals surface area contributed by atoms with E-state index < -0.39 is 0 Å². The van der Waals surface area contributed by atoms with E-state index in [1.165, 1.54) is 4.90 Å². The highest BCUT2D eigenvalue weighted by Gasteiger charge is 2.59. The zero-order chi connectivity index (χ0) is 13.1. The van der Waals surface area contributed by atoms with E-state index in [0.717, 1.165) is 17.7 Å². The van der Waals surface area contributed by atoms with Crippen molar-refractivity contribution in [1.82, 2.24) is 0 Å². The van der Waals surface area contributed by atoms with Crippen LogP contribution in [0.2, 0.25) is 0 Å². The van der Waals surface area contributed by atoms with Gasteiger partial charge in [-0.05, 0) is 42.9 Å². The van der Waals surface area contributed by atoms with Crippen LogP contribution < -0.4 is 4.90 Å². The Morgan fingerprint density at radius 1 is 1.05 bits per heavy atom. The summed E-state index contributed by atoms with van der Waals surface area (Å²) in [6.07, 6.45) is 5.22. The lowest BCUT2D eigenvalue weighted by Gasteiger charge is -2.17. The average Bonchev–Trinajstić information content (AvgIpc) is 3.04. The van der Waals surface area contributed by atoms with Gasteiger partial charge in [0, 0.05) is 0 Å². The number of anilines is 1. The first-order valence-corrected chi connectivity index (χ1v) is 6.79. The molecule has 0 aromatic heterocycles. The number of imide groups is 1. The van der Waals surface area contributed by atoms with Gasteiger partial charge in [-0.1, -0.05) is 24.3 Å². The second kappa shape index (κ2) is 3.56. The Morgan fingerprint density at radius 3 is 2.26 bits per heavy atom. The van der Waals surface area contributed by atoms with E-state index in [9.17, 15) is 9.59 Å². The molecule has 2 amide bonds. The van der Waals surface area contributed by atoms with Gasteiger partial charge >= 0.3 is 0 Å². The summed E-state index contributed by atoms with van der Waals surface area (Å²) in [5.74, 6) is 0.337. The molecule has 2 fully saturated rings. The highest BCUT2D eigenvalue weighted by molar-refractivity contribution is 6.22. The molecule has 0 spiro atoms. The maximum atomic E-state index is 12.6. The van der Waals surface area contributed by atoms with Crippen LogP contribution in [0.25, 0.3) is 0 Å². The van der Waals surface area contributed by atoms with Crippen molar-refractivity contribution >= 4 is 17.5 Å². The van der Waals surface area contributed by atoms with Gasteiger partial charge in [0.1, 0.15) is 0 Å². The van der Waals surface area contributed by atoms with Gasteiger partial charge in [0.25, 0.3) is 0 Å². The third-order valence-corrected chi connectivity index (χ3v) is 4.73. The van der Waals surface area contributed by atoms with Crippen LogP contribution in [0.4, 0.5) is 5.69 Å². The number of hydrogen-bond donors (Lipinski definition) is 0. The quantitative estimate of drug-likeness (QED) is 0.569. The smallest absolute Gasteiger partial charge is 0.238 e. The van der Waals surface area contributed by atoms with Crippen molar-refractivity contribution in [2.24, 2.45) is 23.7 Å². The number of nitrogens with zero attached hydrogens (tertiary/aromatic N) is 1. The molecule has 0 unspecified atom stereocenters. The van der Waals surface area contributed by atoms with E-state index >= 15 is 0 Å². The summed E-state index contributed by atoms with van der Waals surface area (Å²) in [5, 5.41) is 0. The van der Waals surface area contributed by atoms with Gasteiger partial charge in [-0.25, -0.2) is 0 Å². The first-order chi connectivity index (χ1) is 9.16. The van der Waals surface area contributed by atoms with Crippen molar-refractivity contribution in [1.29, 1.82) is 0 Å². The Balaban J connectivity index is 1.77. The average molecular weight is 253 g/mol. The fourth-order valence-electron chi connectivity index (χ4n) is 3.92. The maximum absolute atomic E-state index is 12.6. The normalized spacial score (nSPS) is 35.3. The van der Waals surface area contributed by atoms with Crippen LogP contribution in [0.15, 0.2) is 36.4 Å². The Hall–Kier alpha value is -1.90. The molecule has 1 aliphatic heterocycles. The van der Waals surface area contributed by atoms with E-state index in [1.807, 2.05) is 31.2 Å². The number of allylic oxidation sites excluding steroid dienone is 2. The molecule has 96 valence electrons. The van der Waals surface area contributed by atoms with E-state index in [0.29, 0.717) is 0 Å². The molecular weight excluding hydrogens is 238 g/mol. The zero-order valence-electron chi connectivity index (χ0n) is 10.7. The molecule has 2 bridgehead atoms. The van der Waals surface area contributed by atoms with Gasteiger partial charge in [-0.2, -0.15) is 0 Å². The Kier molecular flexibility index (Phi) is 2.06. The number of amides is 2. The van der Waals surface area contributed by atoms with Crippen molar-refractivity contribution in [3.8, 4) is 0 Å². The number of carbonyl (C=O) groups excluding carboxylic acids is 2. The number of rotatable bonds is 1. The van der Waals surface area contributed by atoms with Crippen LogP contribution in [0, 0.1) is 30.6 Å². The summed E-state index contributed by atoms with van der Waals surface area (Å²) >= 11 is 0. The van der Waals surface area contributed by atoms with Gasteiger partial charge < -0.3 is 0 Å². The number of aryl methyl sites for hydroxylation is 1. The lowest BCUT2D eigenvalue weighted by atomic mass is 9.85. The standard InChI is InChI=1S/C16H15NO2/c1-9-3-2-4-12(7-9)17-15(18)13-10-5-6-11(8-10)14(13)16(17)19/h2-7,10-11,13-14H,8H2,1H3/t10-,11-,13-,14+/m1/s1. The van der Waals surface area contributed by atoms with Crippen LogP contribution in [0.5, 0.6) is 0 Å². The first-order valence-electron chi connectivity index (χ1n) is 6.79. The molecule has 2 aliphatic carbocycles. The molecule has 1 aromatic carbocycles. The molecule has 0 radical (unpaired) electrons. The third-order valence-electron chi connectivity index (χ3n) is 4.73. The lowest BCUT2D eigenvalue weighted by Crippen LogP contribution is -2.32. The molecule has 3 nitrogen and oxygen atoms in total. The second-order valence-corrected chi connectivity index (χ2v) is 5.85. The van der Waals surface area contributed by atoms with Crippen LogP contribution >= 0.6 is 0 Å². The number of benzene rings is 1. The van der Waals surface area contributed by atoms with Gasteiger partial charge in [0.15, 0.2) is 0 Å². The molecule has 3 heteroatoms. The van der Waals surface area contributed by atoms with Crippen molar-refractivity contribution in [2.45, 2.75) is 13.3 Å². The van der Waals surface area contributed by atoms with Crippen molar-refractivity contribution in [3.05, 3.63) is 42.0 Å². The molecule has 19 heavy (non-hydrogen) atoms. The highest BCUT2D eigenvalue weighted by atomic mass is 16.2. The molecule has 0 N–H and O–H groups in total. The fourth-order valence-corrected chi connectivity index (χ4v) is 3.92. The Bertz CT molecular complexity index is 589. The first kappa shape index (κ1) is 11.0. The highest BCUT2D eigenvalue weighted by Crippen LogP contribution is 2.53. The monoisotopic (exact) mass is 253 g/mol. The van der Waals surface area contributed by atoms with Crippen molar-refractivity contribution in [2.75, 3.05) is 4.90 Å². The van der Waals surface area contributed by atoms with E-state index in [4.69, 9.17) is 0 Å². The minimum absolute atomic E-state index is 0.00236. The number of carbonyl (C=O) groups is 2. The summed E-state index contributed by atoms with van der Waals surface area (Å²) in [7, 11) is 0. The summed E-state index contributed by atoms with van der Waals surface area (Å²) < 4.78 is 0. The number of fused-ring (bicyclic) bond motifs is 5. The van der Waals surface area contributed by atoms with E-state index in [2.05, 4.69) is 12.2 Å². The SMILES string of the molecule is Cc1cccc(N2C(=O)[C@@H]3[C@H](C2=O)[C@@H]2C=C[C@@H]3C2)c1. The maximum Gasteiger partial charge on any atom is 0.238 e. The molecule has 1 heterocycles. The van der Waals surface area contributed by atoms with Gasteiger partial charge in [-0.15, -0.1) is 0 Å². The molecule has 4 rings (SSSR count). The molecule has 4 atom stereocenters.